The van der Waals surface area contributed by atoms with E-state index in [4.69, 9.17) is 0 Å². The molecule has 0 N–H and O–H groups in total. The Hall–Kier alpha value is -2.27. The monoisotopic (exact) mass is 323 g/mol. The first-order valence-corrected chi connectivity index (χ1v) is 8.67. The summed E-state index contributed by atoms with van der Waals surface area (Å²) in [5.41, 5.74) is 1.04. The molecule has 0 spiro atoms. The molecule has 116 valence electrons. The first-order valence-electron chi connectivity index (χ1n) is 7.85. The van der Waals surface area contributed by atoms with Gasteiger partial charge in [0.05, 0.1) is 4.88 Å². The molecule has 1 aliphatic heterocycles. The zero-order valence-corrected chi connectivity index (χ0v) is 13.5. The molecule has 1 fully saturated rings. The Morgan fingerprint density at radius 3 is 3.00 bits per heavy atom. The average molecular weight is 323 g/mol. The predicted molar refractivity (Wildman–Crippen MR) is 91.7 cm³/mol. The molecular weight excluding hydrogens is 306 g/mol. The minimum Gasteiger partial charge on any atom is -0.337 e. The minimum absolute atomic E-state index is 0.143. The Bertz CT molecular complexity index is 797. The maximum absolute atomic E-state index is 12.8. The molecule has 4 nitrogen and oxygen atoms in total. The SMILES string of the molecule is O=C(c1cc2ccccc2s1)N1CCC[C@H](c2ccncn2)C1. The Labute approximate surface area is 138 Å². The van der Waals surface area contributed by atoms with E-state index in [0.717, 1.165) is 41.9 Å². The summed E-state index contributed by atoms with van der Waals surface area (Å²) in [6.07, 6.45) is 5.45. The van der Waals surface area contributed by atoms with Crippen LogP contribution in [-0.2, 0) is 0 Å². The Morgan fingerprint density at radius 2 is 2.17 bits per heavy atom. The van der Waals surface area contributed by atoms with Crippen LogP contribution >= 0.6 is 11.3 Å². The van der Waals surface area contributed by atoms with Crippen molar-refractivity contribution < 1.29 is 4.79 Å². The largest absolute Gasteiger partial charge is 0.337 e. The number of hydrogen-bond acceptors (Lipinski definition) is 4. The van der Waals surface area contributed by atoms with Crippen molar-refractivity contribution in [1.29, 1.82) is 0 Å². The lowest BCUT2D eigenvalue weighted by Crippen LogP contribution is -2.39. The summed E-state index contributed by atoms with van der Waals surface area (Å²) < 4.78 is 1.17. The smallest absolute Gasteiger partial charge is 0.263 e. The van der Waals surface area contributed by atoms with Crippen molar-refractivity contribution >= 4 is 27.3 Å². The van der Waals surface area contributed by atoms with E-state index in [1.165, 1.54) is 4.70 Å². The lowest BCUT2D eigenvalue weighted by Gasteiger charge is -2.32. The van der Waals surface area contributed by atoms with Gasteiger partial charge in [0, 0.05) is 35.6 Å². The summed E-state index contributed by atoms with van der Waals surface area (Å²) >= 11 is 1.58. The second-order valence-electron chi connectivity index (χ2n) is 5.87. The number of amides is 1. The van der Waals surface area contributed by atoms with Gasteiger partial charge in [0.15, 0.2) is 0 Å². The van der Waals surface area contributed by atoms with Crippen LogP contribution in [0.5, 0.6) is 0 Å². The van der Waals surface area contributed by atoms with Crippen LogP contribution in [-0.4, -0.2) is 33.9 Å². The van der Waals surface area contributed by atoms with Gasteiger partial charge in [-0.15, -0.1) is 11.3 Å². The zero-order valence-electron chi connectivity index (χ0n) is 12.7. The molecular formula is C18H17N3OS. The third-order valence-corrected chi connectivity index (χ3v) is 5.47. The van der Waals surface area contributed by atoms with Crippen LogP contribution in [0.15, 0.2) is 48.9 Å². The van der Waals surface area contributed by atoms with Gasteiger partial charge < -0.3 is 4.90 Å². The molecule has 0 saturated carbocycles. The van der Waals surface area contributed by atoms with Gasteiger partial charge in [0.1, 0.15) is 6.33 Å². The van der Waals surface area contributed by atoms with Crippen LogP contribution in [0, 0.1) is 0 Å². The number of thiophene rings is 1. The molecule has 1 amide bonds. The number of aromatic nitrogens is 2. The summed E-state index contributed by atoms with van der Waals surface area (Å²) in [5, 5.41) is 1.14. The van der Waals surface area contributed by atoms with E-state index in [9.17, 15) is 4.79 Å². The highest BCUT2D eigenvalue weighted by atomic mass is 32.1. The van der Waals surface area contributed by atoms with Gasteiger partial charge in [-0.2, -0.15) is 0 Å². The molecule has 2 aromatic heterocycles. The van der Waals surface area contributed by atoms with Crippen molar-refractivity contribution in [3.8, 4) is 0 Å². The lowest BCUT2D eigenvalue weighted by molar-refractivity contribution is 0.0711. The summed E-state index contributed by atoms with van der Waals surface area (Å²) in [6.45, 7) is 1.57. The molecule has 3 aromatic rings. The van der Waals surface area contributed by atoms with Crippen molar-refractivity contribution in [3.05, 3.63) is 59.5 Å². The zero-order chi connectivity index (χ0) is 15.6. The molecule has 0 bridgehead atoms. The second-order valence-corrected chi connectivity index (χ2v) is 6.96. The minimum atomic E-state index is 0.143. The Balaban J connectivity index is 1.56. The highest BCUT2D eigenvalue weighted by molar-refractivity contribution is 7.20. The number of benzene rings is 1. The van der Waals surface area contributed by atoms with Crippen molar-refractivity contribution in [2.45, 2.75) is 18.8 Å². The topological polar surface area (TPSA) is 46.1 Å². The normalized spacial score (nSPS) is 18.3. The van der Waals surface area contributed by atoms with E-state index in [0.29, 0.717) is 5.92 Å². The first kappa shape index (κ1) is 14.3. The second kappa shape index (κ2) is 6.08. The Morgan fingerprint density at radius 1 is 1.26 bits per heavy atom. The number of carbonyl (C=O) groups excluding carboxylic acids is 1. The average Bonchev–Trinajstić information content (AvgIpc) is 3.06. The Kier molecular flexibility index (Phi) is 3.79. The number of fused-ring (bicyclic) bond motifs is 1. The quantitative estimate of drug-likeness (QED) is 0.722. The number of piperidine rings is 1. The van der Waals surface area contributed by atoms with E-state index in [1.54, 1.807) is 23.9 Å². The van der Waals surface area contributed by atoms with Crippen LogP contribution in [0.25, 0.3) is 10.1 Å². The van der Waals surface area contributed by atoms with Crippen LogP contribution in [0.1, 0.15) is 34.1 Å². The molecule has 0 aliphatic carbocycles. The number of carbonyl (C=O) groups is 1. The van der Waals surface area contributed by atoms with E-state index in [-0.39, 0.29) is 5.91 Å². The highest BCUT2D eigenvalue weighted by Crippen LogP contribution is 2.30. The van der Waals surface area contributed by atoms with Gasteiger partial charge in [-0.3, -0.25) is 4.79 Å². The van der Waals surface area contributed by atoms with Crippen molar-refractivity contribution in [3.63, 3.8) is 0 Å². The van der Waals surface area contributed by atoms with Crippen LogP contribution < -0.4 is 0 Å². The summed E-state index contributed by atoms with van der Waals surface area (Å²) in [6, 6.07) is 12.1. The fourth-order valence-electron chi connectivity index (χ4n) is 3.19. The van der Waals surface area contributed by atoms with Gasteiger partial charge >= 0.3 is 0 Å². The van der Waals surface area contributed by atoms with Gasteiger partial charge in [0.25, 0.3) is 5.91 Å². The van der Waals surface area contributed by atoms with E-state index in [2.05, 4.69) is 22.1 Å². The molecule has 1 aromatic carbocycles. The van der Waals surface area contributed by atoms with E-state index >= 15 is 0 Å². The fraction of sp³-hybridized carbons (Fsp3) is 0.278. The van der Waals surface area contributed by atoms with Crippen LogP contribution in [0.3, 0.4) is 0 Å². The molecule has 0 radical (unpaired) electrons. The van der Waals surface area contributed by atoms with Crippen molar-refractivity contribution in [2.75, 3.05) is 13.1 Å². The van der Waals surface area contributed by atoms with Crippen molar-refractivity contribution in [1.82, 2.24) is 14.9 Å². The van der Waals surface area contributed by atoms with Crippen LogP contribution in [0.2, 0.25) is 0 Å². The van der Waals surface area contributed by atoms with Crippen LogP contribution in [0.4, 0.5) is 0 Å². The van der Waals surface area contributed by atoms with Crippen molar-refractivity contribution in [2.24, 2.45) is 0 Å². The molecule has 1 atom stereocenters. The molecule has 3 heterocycles. The number of nitrogens with zero attached hydrogens (tertiary/aromatic N) is 3. The summed E-state index contributed by atoms with van der Waals surface area (Å²) in [7, 11) is 0. The maximum atomic E-state index is 12.8. The summed E-state index contributed by atoms with van der Waals surface area (Å²) in [4.78, 5) is 24.0. The highest BCUT2D eigenvalue weighted by Gasteiger charge is 2.27. The number of rotatable bonds is 2. The van der Waals surface area contributed by atoms with E-state index < -0.39 is 0 Å². The number of hydrogen-bond donors (Lipinski definition) is 0. The first-order chi connectivity index (χ1) is 11.3. The maximum Gasteiger partial charge on any atom is 0.263 e. The standard InChI is InChI=1S/C18H17N3OS/c22-18(17-10-13-4-1-2-6-16(13)23-17)21-9-3-5-14(11-21)15-7-8-19-12-20-15/h1-2,4,6-8,10,12,14H,3,5,9,11H2/t14-/m0/s1. The molecule has 4 rings (SSSR count). The third-order valence-electron chi connectivity index (χ3n) is 4.37. The summed E-state index contributed by atoms with van der Waals surface area (Å²) in [5.74, 6) is 0.454. The predicted octanol–water partition coefficient (Wildman–Crippen LogP) is 3.71. The molecule has 0 unspecified atom stereocenters. The van der Waals surface area contributed by atoms with E-state index in [1.807, 2.05) is 29.2 Å². The molecule has 1 saturated heterocycles. The molecule has 23 heavy (non-hydrogen) atoms. The number of likely N-dealkylation sites (tertiary alicyclic amines) is 1. The van der Waals surface area contributed by atoms with Gasteiger partial charge in [-0.1, -0.05) is 18.2 Å². The third kappa shape index (κ3) is 2.84. The molecule has 5 heteroatoms. The van der Waals surface area contributed by atoms with Gasteiger partial charge in [0.2, 0.25) is 0 Å². The lowest BCUT2D eigenvalue weighted by atomic mass is 9.94. The molecule has 1 aliphatic rings. The fourth-order valence-corrected chi connectivity index (χ4v) is 4.22. The van der Waals surface area contributed by atoms with Gasteiger partial charge in [-0.25, -0.2) is 9.97 Å². The van der Waals surface area contributed by atoms with Gasteiger partial charge in [-0.05, 0) is 36.4 Å².